The van der Waals surface area contributed by atoms with Crippen LogP contribution in [0.25, 0.3) is 39.9 Å². The van der Waals surface area contributed by atoms with Gasteiger partial charge < -0.3 is 14.9 Å². The van der Waals surface area contributed by atoms with E-state index in [9.17, 15) is 14.3 Å². The molecule has 0 amide bonds. The highest BCUT2D eigenvalue weighted by atomic mass is 19.1. The van der Waals surface area contributed by atoms with Crippen molar-refractivity contribution in [2.45, 2.75) is 31.8 Å². The molecule has 1 aliphatic rings. The molecule has 2 aromatic carbocycles. The van der Waals surface area contributed by atoms with Crippen molar-refractivity contribution < 1.29 is 18.8 Å². The Labute approximate surface area is 222 Å². The van der Waals surface area contributed by atoms with Gasteiger partial charge in [0.15, 0.2) is 5.69 Å². The van der Waals surface area contributed by atoms with Gasteiger partial charge in [0.05, 0.1) is 5.92 Å². The van der Waals surface area contributed by atoms with E-state index in [1.165, 1.54) is 10.7 Å². The summed E-state index contributed by atoms with van der Waals surface area (Å²) in [5, 5.41) is 25.4. The summed E-state index contributed by atoms with van der Waals surface area (Å²) >= 11 is 0. The minimum atomic E-state index is -0.741. The Balaban J connectivity index is 1.26. The molecule has 6 rings (SSSR count). The number of para-hydroxylation sites is 1. The van der Waals surface area contributed by atoms with E-state index < -0.39 is 11.8 Å². The van der Waals surface area contributed by atoms with Crippen molar-refractivity contribution >= 4 is 5.97 Å². The van der Waals surface area contributed by atoms with Crippen LogP contribution in [0.2, 0.25) is 0 Å². The van der Waals surface area contributed by atoms with E-state index in [4.69, 9.17) is 4.52 Å². The fraction of sp³-hybridized carbons (Fsp3) is 0.214. The summed E-state index contributed by atoms with van der Waals surface area (Å²) in [6, 6.07) is 17.5. The lowest BCUT2D eigenvalue weighted by Crippen LogP contribution is -2.35. The third-order valence-electron chi connectivity index (χ3n) is 6.95. The first-order valence-electron chi connectivity index (χ1n) is 12.6. The maximum absolute atomic E-state index is 14.7. The molecule has 10 nitrogen and oxygen atoms in total. The quantitative estimate of drug-likeness (QED) is 0.300. The largest absolute Gasteiger partial charge is 0.481 e. The fourth-order valence-electron chi connectivity index (χ4n) is 4.94. The summed E-state index contributed by atoms with van der Waals surface area (Å²) < 4.78 is 21.6. The molecule has 1 fully saturated rings. The molecule has 0 aliphatic heterocycles. The molecule has 2 N–H and O–H groups in total. The lowest BCUT2D eigenvalue weighted by atomic mass is 10.0. The Morgan fingerprint density at radius 3 is 2.62 bits per heavy atom. The topological polar surface area (TPSA) is 132 Å². The highest BCUT2D eigenvalue weighted by Crippen LogP contribution is 2.33. The maximum atomic E-state index is 14.7. The van der Waals surface area contributed by atoms with Gasteiger partial charge >= 0.3 is 5.97 Å². The van der Waals surface area contributed by atoms with Crippen LogP contribution in [0.4, 0.5) is 4.39 Å². The molecule has 3 heterocycles. The van der Waals surface area contributed by atoms with Crippen molar-refractivity contribution in [3.8, 4) is 39.9 Å². The molecule has 2 unspecified atom stereocenters. The van der Waals surface area contributed by atoms with Crippen molar-refractivity contribution in [3.63, 3.8) is 0 Å². The Morgan fingerprint density at radius 1 is 1.05 bits per heavy atom. The number of carbonyl (C=O) groups is 1. The number of carboxylic acids is 1. The average molecular weight is 526 g/mol. The third kappa shape index (κ3) is 4.91. The molecule has 0 bridgehead atoms. The maximum Gasteiger partial charge on any atom is 0.308 e. The predicted molar refractivity (Wildman–Crippen MR) is 139 cm³/mol. The second-order valence-corrected chi connectivity index (χ2v) is 9.37. The second-order valence-electron chi connectivity index (χ2n) is 9.37. The molecule has 0 spiro atoms. The minimum Gasteiger partial charge on any atom is -0.481 e. The number of nitrogens with one attached hydrogen (secondary N) is 1. The summed E-state index contributed by atoms with van der Waals surface area (Å²) in [4.78, 5) is 20.0. The Hall–Kier alpha value is -4.77. The Kier molecular flexibility index (Phi) is 6.64. The molecule has 0 radical (unpaired) electrons. The number of hydrogen-bond donors (Lipinski definition) is 2. The molecule has 1 aliphatic carbocycles. The van der Waals surface area contributed by atoms with E-state index in [2.05, 4.69) is 30.8 Å². The molecular formula is C28H24FN7O3. The number of pyridine rings is 1. The first-order chi connectivity index (χ1) is 19.1. The van der Waals surface area contributed by atoms with E-state index in [1.54, 1.807) is 42.7 Å². The van der Waals surface area contributed by atoms with Crippen LogP contribution >= 0.6 is 0 Å². The third-order valence-corrected chi connectivity index (χ3v) is 6.95. The molecular weight excluding hydrogens is 501 g/mol. The van der Waals surface area contributed by atoms with Crippen LogP contribution in [0.3, 0.4) is 0 Å². The lowest BCUT2D eigenvalue weighted by molar-refractivity contribution is -0.142. The molecule has 5 aromatic rings. The highest BCUT2D eigenvalue weighted by molar-refractivity contribution is 5.76. The van der Waals surface area contributed by atoms with Crippen molar-refractivity contribution in [1.82, 2.24) is 35.4 Å². The Morgan fingerprint density at radius 2 is 1.85 bits per heavy atom. The molecule has 39 heavy (non-hydrogen) atoms. The van der Waals surface area contributed by atoms with Crippen LogP contribution in [0.15, 0.2) is 77.6 Å². The zero-order valence-electron chi connectivity index (χ0n) is 20.7. The van der Waals surface area contributed by atoms with Crippen LogP contribution < -0.4 is 5.32 Å². The highest BCUT2D eigenvalue weighted by Gasteiger charge is 2.32. The molecule has 1 saturated carbocycles. The molecule has 196 valence electrons. The van der Waals surface area contributed by atoms with Crippen LogP contribution in [0.1, 0.15) is 24.8 Å². The van der Waals surface area contributed by atoms with E-state index in [1.807, 2.05) is 24.3 Å². The van der Waals surface area contributed by atoms with Crippen molar-refractivity contribution in [1.29, 1.82) is 0 Å². The number of nitrogens with zero attached hydrogens (tertiary/aromatic N) is 6. The average Bonchev–Trinajstić information content (AvgIpc) is 3.73. The van der Waals surface area contributed by atoms with Crippen molar-refractivity contribution in [2.24, 2.45) is 5.92 Å². The van der Waals surface area contributed by atoms with Crippen LogP contribution in [0, 0.1) is 11.7 Å². The van der Waals surface area contributed by atoms with Crippen LogP contribution in [-0.4, -0.2) is 47.2 Å². The number of halogens is 1. The summed E-state index contributed by atoms with van der Waals surface area (Å²) in [6.45, 7) is 0.570. The normalized spacial score (nSPS) is 16.9. The van der Waals surface area contributed by atoms with E-state index in [0.29, 0.717) is 35.7 Å². The smallest absolute Gasteiger partial charge is 0.308 e. The van der Waals surface area contributed by atoms with Crippen molar-refractivity contribution in [3.05, 3.63) is 84.4 Å². The molecule has 3 aromatic heterocycles. The van der Waals surface area contributed by atoms with Gasteiger partial charge in [0, 0.05) is 36.1 Å². The first-order valence-corrected chi connectivity index (χ1v) is 12.6. The van der Waals surface area contributed by atoms with Gasteiger partial charge in [-0.25, -0.2) is 9.07 Å². The van der Waals surface area contributed by atoms with Crippen LogP contribution in [0.5, 0.6) is 0 Å². The number of hydrogen-bond acceptors (Lipinski definition) is 8. The minimum absolute atomic E-state index is 0.0192. The number of aromatic nitrogens is 6. The zero-order chi connectivity index (χ0) is 26.8. The van der Waals surface area contributed by atoms with Gasteiger partial charge in [-0.15, -0.1) is 5.10 Å². The monoisotopic (exact) mass is 525 g/mol. The van der Waals surface area contributed by atoms with Gasteiger partial charge in [0.2, 0.25) is 5.82 Å². The fourth-order valence-corrected chi connectivity index (χ4v) is 4.94. The van der Waals surface area contributed by atoms with Crippen LogP contribution in [-0.2, 0) is 11.3 Å². The van der Waals surface area contributed by atoms with Gasteiger partial charge in [-0.3, -0.25) is 9.78 Å². The summed E-state index contributed by atoms with van der Waals surface area (Å²) in [7, 11) is 0. The van der Waals surface area contributed by atoms with E-state index >= 15 is 0 Å². The van der Waals surface area contributed by atoms with E-state index in [-0.39, 0.29) is 23.5 Å². The zero-order valence-corrected chi connectivity index (χ0v) is 20.7. The molecule has 0 saturated heterocycles. The molecule has 2 atom stereocenters. The number of carboxylic acid groups (broad SMARTS) is 1. The van der Waals surface area contributed by atoms with Gasteiger partial charge in [0.1, 0.15) is 17.2 Å². The summed E-state index contributed by atoms with van der Waals surface area (Å²) in [5.74, 6) is -1.01. The standard InChI is InChI=1S/C28H24FN7O3/c29-21-5-1-2-7-23(21)36-25(18-12-14-30-15-13-18)24(33-35-36)27-32-26(34-39-27)19-10-8-17(9-11-19)16-31-22-6-3-4-20(22)28(37)38/h1-2,5,7-15,20,22,31H,3-4,6,16H2,(H,37,38). The molecule has 11 heteroatoms. The van der Waals surface area contributed by atoms with Gasteiger partial charge in [0.25, 0.3) is 5.89 Å². The number of benzene rings is 2. The summed E-state index contributed by atoms with van der Waals surface area (Å²) in [6.07, 6.45) is 5.75. The first kappa shape index (κ1) is 24.6. The SMILES string of the molecule is O=C(O)C1CCCC1NCc1ccc(-c2noc(-c3nnn(-c4ccccc4F)c3-c3ccncc3)n2)cc1. The van der Waals surface area contributed by atoms with E-state index in [0.717, 1.165) is 24.0 Å². The van der Waals surface area contributed by atoms with Gasteiger partial charge in [-0.1, -0.05) is 53.2 Å². The number of aliphatic carboxylic acids is 1. The lowest BCUT2D eigenvalue weighted by Gasteiger charge is -2.17. The van der Waals surface area contributed by atoms with Gasteiger partial charge in [-0.05, 0) is 42.7 Å². The summed E-state index contributed by atoms with van der Waals surface area (Å²) in [5.41, 5.74) is 3.51. The predicted octanol–water partition coefficient (Wildman–Crippen LogP) is 4.53. The van der Waals surface area contributed by atoms with Crippen molar-refractivity contribution in [2.75, 3.05) is 0 Å². The van der Waals surface area contributed by atoms with Gasteiger partial charge in [-0.2, -0.15) is 4.98 Å². The number of rotatable bonds is 8. The second kappa shape index (κ2) is 10.5. The Bertz CT molecular complexity index is 1600.